The number of benzene rings is 6. The van der Waals surface area contributed by atoms with Gasteiger partial charge in [-0.05, 0) is 90.7 Å². The topological polar surface area (TPSA) is 0 Å². The van der Waals surface area contributed by atoms with E-state index in [0.717, 1.165) is 11.1 Å². The molecule has 0 aromatic heterocycles. The highest BCUT2D eigenvalue weighted by atomic mass is 14.2. The third-order valence-corrected chi connectivity index (χ3v) is 7.34. The molecule has 6 aromatic rings. The Bertz CT molecular complexity index is 1750. The number of hydrogen-bond acceptors (Lipinski definition) is 0. The van der Waals surface area contributed by atoms with Crippen molar-refractivity contribution in [3.8, 4) is 22.3 Å². The summed E-state index contributed by atoms with van der Waals surface area (Å²) in [6.45, 7) is 12.5. The molecule has 0 saturated heterocycles. The van der Waals surface area contributed by atoms with Crippen molar-refractivity contribution in [2.45, 2.75) is 13.8 Å². The standard InChI is InChI=1S/C34H26/c1-5-23-8-7-9-29(27(23)6-2)30-17-13-25-14-18-31-28(26-11-10-21(3)22(4)20-26)16-12-24-15-19-32(30)34(25)33(24)31/h5-20H,1-2H2,3-4H3. The van der Waals surface area contributed by atoms with Crippen LogP contribution >= 0.6 is 0 Å². The zero-order valence-electron chi connectivity index (χ0n) is 19.7. The SMILES string of the molecule is C=Cc1cccc(-c2ccc3ccc4c(-c5ccc(C)c(C)c5)ccc5ccc2c3c54)c1C=C. The van der Waals surface area contributed by atoms with Crippen molar-refractivity contribution in [3.05, 3.63) is 120 Å². The summed E-state index contributed by atoms with van der Waals surface area (Å²) < 4.78 is 0. The number of aryl methyl sites for hydroxylation is 2. The van der Waals surface area contributed by atoms with Crippen LogP contribution in [-0.2, 0) is 0 Å². The molecule has 6 rings (SSSR count). The van der Waals surface area contributed by atoms with E-state index in [1.165, 1.54) is 65.7 Å². The van der Waals surface area contributed by atoms with Gasteiger partial charge in [-0.1, -0.05) is 110 Å². The molecule has 0 bridgehead atoms. The van der Waals surface area contributed by atoms with E-state index in [4.69, 9.17) is 0 Å². The minimum absolute atomic E-state index is 1.11. The summed E-state index contributed by atoms with van der Waals surface area (Å²) in [4.78, 5) is 0. The van der Waals surface area contributed by atoms with Crippen LogP contribution in [0.2, 0.25) is 0 Å². The highest BCUT2D eigenvalue weighted by molar-refractivity contribution is 6.27. The Kier molecular flexibility index (Phi) is 4.64. The molecule has 0 N–H and O–H groups in total. The summed E-state index contributed by atoms with van der Waals surface area (Å²) in [5.41, 5.74) is 9.87. The van der Waals surface area contributed by atoms with E-state index in [9.17, 15) is 0 Å². The van der Waals surface area contributed by atoms with Crippen molar-refractivity contribution in [3.63, 3.8) is 0 Å². The first-order valence-electron chi connectivity index (χ1n) is 11.8. The highest BCUT2D eigenvalue weighted by Gasteiger charge is 2.16. The molecule has 0 amide bonds. The van der Waals surface area contributed by atoms with Gasteiger partial charge in [0.1, 0.15) is 0 Å². The minimum Gasteiger partial charge on any atom is -0.0984 e. The second kappa shape index (κ2) is 7.71. The molecule has 0 radical (unpaired) electrons. The van der Waals surface area contributed by atoms with Gasteiger partial charge in [-0.15, -0.1) is 0 Å². The molecule has 0 aliphatic rings. The third kappa shape index (κ3) is 2.92. The molecule has 0 saturated carbocycles. The lowest BCUT2D eigenvalue weighted by Gasteiger charge is -2.18. The number of rotatable bonds is 4. The van der Waals surface area contributed by atoms with Gasteiger partial charge in [0.2, 0.25) is 0 Å². The summed E-state index contributed by atoms with van der Waals surface area (Å²) in [5.74, 6) is 0. The predicted octanol–water partition coefficient (Wildman–Crippen LogP) is 9.82. The van der Waals surface area contributed by atoms with Gasteiger partial charge in [-0.25, -0.2) is 0 Å². The van der Waals surface area contributed by atoms with Crippen LogP contribution in [-0.4, -0.2) is 0 Å². The maximum Gasteiger partial charge on any atom is -0.00203 e. The first kappa shape index (κ1) is 20.4. The van der Waals surface area contributed by atoms with Crippen LogP contribution in [0.4, 0.5) is 0 Å². The summed E-state index contributed by atoms with van der Waals surface area (Å²) in [7, 11) is 0. The molecule has 0 fully saturated rings. The Morgan fingerprint density at radius 1 is 0.559 bits per heavy atom. The quantitative estimate of drug-likeness (QED) is 0.242. The fourth-order valence-corrected chi connectivity index (χ4v) is 5.42. The van der Waals surface area contributed by atoms with Crippen molar-refractivity contribution >= 4 is 44.5 Å². The summed E-state index contributed by atoms with van der Waals surface area (Å²) >= 11 is 0. The maximum atomic E-state index is 4.10. The van der Waals surface area contributed by atoms with Crippen molar-refractivity contribution in [1.29, 1.82) is 0 Å². The Labute approximate surface area is 200 Å². The molecule has 0 spiro atoms. The van der Waals surface area contributed by atoms with E-state index >= 15 is 0 Å². The average Bonchev–Trinajstić information content (AvgIpc) is 2.88. The summed E-state index contributed by atoms with van der Waals surface area (Å²) in [6, 6.07) is 31.3. The van der Waals surface area contributed by atoms with E-state index in [1.807, 2.05) is 12.2 Å². The van der Waals surface area contributed by atoms with Gasteiger partial charge >= 0.3 is 0 Å². The van der Waals surface area contributed by atoms with Crippen molar-refractivity contribution in [2.24, 2.45) is 0 Å². The van der Waals surface area contributed by atoms with Gasteiger partial charge in [0.15, 0.2) is 0 Å². The van der Waals surface area contributed by atoms with E-state index in [-0.39, 0.29) is 0 Å². The predicted molar refractivity (Wildman–Crippen MR) is 151 cm³/mol. The monoisotopic (exact) mass is 434 g/mol. The second-order valence-corrected chi connectivity index (χ2v) is 9.16. The van der Waals surface area contributed by atoms with Gasteiger partial charge in [0.05, 0.1) is 0 Å². The molecule has 34 heavy (non-hydrogen) atoms. The smallest absolute Gasteiger partial charge is 0.00203 e. The maximum absolute atomic E-state index is 4.10. The van der Waals surface area contributed by atoms with Crippen molar-refractivity contribution in [2.75, 3.05) is 0 Å². The van der Waals surface area contributed by atoms with Crippen LogP contribution in [0.1, 0.15) is 22.3 Å². The molecule has 0 atom stereocenters. The molecule has 0 unspecified atom stereocenters. The Morgan fingerprint density at radius 2 is 1.21 bits per heavy atom. The zero-order valence-corrected chi connectivity index (χ0v) is 19.7. The highest BCUT2D eigenvalue weighted by Crippen LogP contribution is 2.43. The van der Waals surface area contributed by atoms with Gasteiger partial charge in [-0.3, -0.25) is 0 Å². The lowest BCUT2D eigenvalue weighted by molar-refractivity contribution is 1.34. The van der Waals surface area contributed by atoms with E-state index in [2.05, 4.69) is 112 Å². The van der Waals surface area contributed by atoms with E-state index in [1.54, 1.807) is 0 Å². The number of hydrogen-bond donors (Lipinski definition) is 0. The lowest BCUT2D eigenvalue weighted by atomic mass is 9.85. The van der Waals surface area contributed by atoms with Crippen LogP contribution in [0, 0.1) is 13.8 Å². The molecule has 0 heterocycles. The van der Waals surface area contributed by atoms with E-state index in [0.29, 0.717) is 0 Å². The third-order valence-electron chi connectivity index (χ3n) is 7.34. The Balaban J connectivity index is 1.71. The molecular formula is C34H26. The second-order valence-electron chi connectivity index (χ2n) is 9.16. The Hall–Kier alpha value is -4.16. The van der Waals surface area contributed by atoms with Crippen LogP contribution in [0.25, 0.3) is 66.7 Å². The molecule has 0 aliphatic carbocycles. The Morgan fingerprint density at radius 3 is 1.85 bits per heavy atom. The fourth-order valence-electron chi connectivity index (χ4n) is 5.42. The summed E-state index contributed by atoms with van der Waals surface area (Å²) in [6.07, 6.45) is 3.86. The normalized spacial score (nSPS) is 11.5. The molecule has 0 heteroatoms. The average molecular weight is 435 g/mol. The van der Waals surface area contributed by atoms with Gasteiger partial charge < -0.3 is 0 Å². The van der Waals surface area contributed by atoms with Crippen LogP contribution < -0.4 is 0 Å². The summed E-state index contributed by atoms with van der Waals surface area (Å²) in [5, 5.41) is 7.80. The van der Waals surface area contributed by atoms with Crippen molar-refractivity contribution < 1.29 is 0 Å². The van der Waals surface area contributed by atoms with Gasteiger partial charge in [0.25, 0.3) is 0 Å². The van der Waals surface area contributed by atoms with Crippen LogP contribution in [0.5, 0.6) is 0 Å². The largest absolute Gasteiger partial charge is 0.0984 e. The van der Waals surface area contributed by atoms with Crippen molar-refractivity contribution in [1.82, 2.24) is 0 Å². The first-order chi connectivity index (χ1) is 16.6. The first-order valence-corrected chi connectivity index (χ1v) is 11.8. The molecule has 0 aliphatic heterocycles. The van der Waals surface area contributed by atoms with Gasteiger partial charge in [0, 0.05) is 0 Å². The van der Waals surface area contributed by atoms with Gasteiger partial charge in [-0.2, -0.15) is 0 Å². The molecule has 162 valence electrons. The molecular weight excluding hydrogens is 408 g/mol. The zero-order chi connectivity index (χ0) is 23.4. The lowest BCUT2D eigenvalue weighted by Crippen LogP contribution is -1.92. The van der Waals surface area contributed by atoms with E-state index < -0.39 is 0 Å². The fraction of sp³-hybridized carbons (Fsp3) is 0.0588. The van der Waals surface area contributed by atoms with Crippen LogP contribution in [0.3, 0.4) is 0 Å². The minimum atomic E-state index is 1.11. The van der Waals surface area contributed by atoms with Crippen LogP contribution in [0.15, 0.2) is 98.1 Å². The molecule has 6 aromatic carbocycles. The molecule has 0 nitrogen and oxygen atoms in total.